The van der Waals surface area contributed by atoms with E-state index in [1.165, 1.54) is 289 Å². The monoisotopic (exact) mass is 1090 g/mol. The third-order valence-corrected chi connectivity index (χ3v) is 16.6. The maximum Gasteiger partial charge on any atom is 0.268 e. The van der Waals surface area contributed by atoms with E-state index in [1.54, 1.807) is 6.08 Å². The summed E-state index contributed by atoms with van der Waals surface area (Å²) in [4.78, 5) is 25.6. The number of phosphoric ester groups is 1. The van der Waals surface area contributed by atoms with Crippen molar-refractivity contribution in [1.82, 2.24) is 5.32 Å². The molecule has 0 aliphatic carbocycles. The number of nitrogens with one attached hydrogen (secondary N) is 1. The fraction of sp³-hybridized carbons (Fsp3) is 0.925. The number of quaternary nitrogens is 1. The van der Waals surface area contributed by atoms with Crippen molar-refractivity contribution in [2.75, 3.05) is 40.9 Å². The van der Waals surface area contributed by atoms with E-state index in [9.17, 15) is 19.4 Å². The Labute approximate surface area is 474 Å². The molecule has 0 saturated carbocycles. The van der Waals surface area contributed by atoms with Gasteiger partial charge in [-0.1, -0.05) is 321 Å². The normalized spacial score (nSPS) is 13.8. The van der Waals surface area contributed by atoms with E-state index >= 15 is 0 Å². The van der Waals surface area contributed by atoms with Crippen LogP contribution in [-0.2, 0) is 18.4 Å². The number of hydrogen-bond donors (Lipinski definition) is 2. The number of allylic oxidation sites excluding steroid dienone is 3. The number of likely N-dealkylation sites (N-methyl/N-ethyl adjacent to an activating group) is 1. The topological polar surface area (TPSA) is 108 Å². The lowest BCUT2D eigenvalue weighted by Crippen LogP contribution is -2.45. The van der Waals surface area contributed by atoms with Gasteiger partial charge in [-0.05, 0) is 44.9 Å². The minimum Gasteiger partial charge on any atom is -0.756 e. The Morgan fingerprint density at radius 1 is 0.447 bits per heavy atom. The van der Waals surface area contributed by atoms with Gasteiger partial charge in [0, 0.05) is 6.42 Å². The Kier molecular flexibility index (Phi) is 57.8. The second kappa shape index (κ2) is 58.6. The molecule has 0 saturated heterocycles. The first-order valence-electron chi connectivity index (χ1n) is 33.7. The summed E-state index contributed by atoms with van der Waals surface area (Å²) < 4.78 is 23.4. The lowest BCUT2D eigenvalue weighted by Gasteiger charge is -2.29. The Morgan fingerprint density at radius 3 is 1.03 bits per heavy atom. The molecule has 8 nitrogen and oxygen atoms in total. The van der Waals surface area contributed by atoms with E-state index in [0.29, 0.717) is 17.4 Å². The van der Waals surface area contributed by atoms with Crippen molar-refractivity contribution in [2.24, 2.45) is 0 Å². The highest BCUT2D eigenvalue weighted by molar-refractivity contribution is 7.45. The summed E-state index contributed by atoms with van der Waals surface area (Å²) in [5.41, 5.74) is 0. The van der Waals surface area contributed by atoms with Gasteiger partial charge in [0.2, 0.25) is 5.91 Å². The largest absolute Gasteiger partial charge is 0.756 e. The first-order valence-corrected chi connectivity index (χ1v) is 35.2. The van der Waals surface area contributed by atoms with Gasteiger partial charge in [-0.2, -0.15) is 0 Å². The van der Waals surface area contributed by atoms with E-state index in [-0.39, 0.29) is 19.1 Å². The van der Waals surface area contributed by atoms with E-state index in [4.69, 9.17) is 9.05 Å². The Balaban J connectivity index is 4.06. The Hall–Kier alpha value is -1.02. The molecule has 0 fully saturated rings. The smallest absolute Gasteiger partial charge is 0.268 e. The van der Waals surface area contributed by atoms with Crippen molar-refractivity contribution in [3.05, 3.63) is 24.3 Å². The molecule has 0 aliphatic heterocycles. The first kappa shape index (κ1) is 75.0. The first-order chi connectivity index (χ1) is 37.0. The molecule has 0 spiro atoms. The molecular formula is C67H133N2O6P. The minimum atomic E-state index is -4.60. The van der Waals surface area contributed by atoms with E-state index in [1.807, 2.05) is 27.2 Å². The van der Waals surface area contributed by atoms with Gasteiger partial charge in [0.25, 0.3) is 7.82 Å². The second-order valence-electron chi connectivity index (χ2n) is 24.5. The fourth-order valence-corrected chi connectivity index (χ4v) is 11.1. The highest BCUT2D eigenvalue weighted by Gasteiger charge is 2.23. The zero-order chi connectivity index (χ0) is 55.6. The number of rotatable bonds is 63. The summed E-state index contributed by atoms with van der Waals surface area (Å²) in [5.74, 6) is -0.192. The standard InChI is InChI=1S/C67H133N2O6P/c1-6-8-10-12-14-16-18-20-22-24-26-28-30-31-32-33-34-35-36-37-39-40-42-44-46-48-50-52-54-56-58-60-66(70)65(64-75-76(72,73)74-63-62-69(3,4)5)68-67(71)61-59-57-55-53-51-49-47-45-43-41-38-29-27-25-23-21-19-17-15-13-11-9-7-2/h25,27,58,60,65-66,70H,6-24,26,28-57,59,61-64H2,1-5H3,(H-,68,71,72,73)/b27-25-,60-58+. The maximum absolute atomic E-state index is 13.0. The van der Waals surface area contributed by atoms with E-state index < -0.39 is 20.0 Å². The van der Waals surface area contributed by atoms with Crippen LogP contribution in [0.5, 0.6) is 0 Å². The van der Waals surface area contributed by atoms with Gasteiger partial charge in [0.05, 0.1) is 39.9 Å². The molecule has 0 aromatic heterocycles. The average molecular weight is 1090 g/mol. The van der Waals surface area contributed by atoms with Crippen LogP contribution in [-0.4, -0.2) is 68.5 Å². The molecule has 3 atom stereocenters. The molecule has 0 aliphatic rings. The van der Waals surface area contributed by atoms with Gasteiger partial charge in [-0.25, -0.2) is 0 Å². The number of nitrogens with zero attached hydrogens (tertiary/aromatic N) is 1. The maximum atomic E-state index is 13.0. The molecule has 76 heavy (non-hydrogen) atoms. The molecule has 452 valence electrons. The zero-order valence-electron chi connectivity index (χ0n) is 51.7. The van der Waals surface area contributed by atoms with Gasteiger partial charge in [-0.3, -0.25) is 9.36 Å². The Bertz CT molecular complexity index is 1290. The van der Waals surface area contributed by atoms with Crippen molar-refractivity contribution in [2.45, 2.75) is 360 Å². The van der Waals surface area contributed by atoms with Gasteiger partial charge < -0.3 is 28.8 Å². The van der Waals surface area contributed by atoms with Gasteiger partial charge >= 0.3 is 0 Å². The lowest BCUT2D eigenvalue weighted by atomic mass is 10.0. The van der Waals surface area contributed by atoms with Crippen LogP contribution in [0.4, 0.5) is 0 Å². The van der Waals surface area contributed by atoms with Crippen LogP contribution in [0.3, 0.4) is 0 Å². The number of aliphatic hydroxyl groups is 1. The summed E-state index contributed by atoms with van der Waals surface area (Å²) in [6.07, 6.45) is 75.8. The van der Waals surface area contributed by atoms with Crippen LogP contribution in [0.25, 0.3) is 0 Å². The highest BCUT2D eigenvalue weighted by Crippen LogP contribution is 2.38. The quantitative estimate of drug-likeness (QED) is 0.0272. The fourth-order valence-electron chi connectivity index (χ4n) is 10.4. The molecule has 2 N–H and O–H groups in total. The number of phosphoric acid groups is 1. The number of amides is 1. The average Bonchev–Trinajstić information content (AvgIpc) is 3.38. The van der Waals surface area contributed by atoms with E-state index in [0.717, 1.165) is 38.5 Å². The van der Waals surface area contributed by atoms with Crippen molar-refractivity contribution < 1.29 is 32.9 Å². The molecule has 3 unspecified atom stereocenters. The number of carbonyl (C=O) groups is 1. The number of carbonyl (C=O) groups excluding carboxylic acids is 1. The van der Waals surface area contributed by atoms with Gasteiger partial charge in [-0.15, -0.1) is 0 Å². The Morgan fingerprint density at radius 2 is 0.724 bits per heavy atom. The highest BCUT2D eigenvalue weighted by atomic mass is 31.2. The van der Waals surface area contributed by atoms with Crippen LogP contribution >= 0.6 is 7.82 Å². The molecule has 0 rings (SSSR count). The van der Waals surface area contributed by atoms with Gasteiger partial charge in [0.1, 0.15) is 13.2 Å². The number of hydrogen-bond acceptors (Lipinski definition) is 6. The molecule has 0 heterocycles. The number of unbranched alkanes of at least 4 members (excludes halogenated alkanes) is 48. The second-order valence-corrected chi connectivity index (χ2v) is 25.9. The third kappa shape index (κ3) is 60.6. The van der Waals surface area contributed by atoms with Crippen molar-refractivity contribution >= 4 is 13.7 Å². The van der Waals surface area contributed by atoms with E-state index in [2.05, 4.69) is 31.3 Å². The summed E-state index contributed by atoms with van der Waals surface area (Å²) in [5, 5.41) is 14.0. The lowest BCUT2D eigenvalue weighted by molar-refractivity contribution is -0.870. The summed E-state index contributed by atoms with van der Waals surface area (Å²) in [7, 11) is 1.28. The van der Waals surface area contributed by atoms with Crippen LogP contribution < -0.4 is 10.2 Å². The van der Waals surface area contributed by atoms with Crippen molar-refractivity contribution in [3.8, 4) is 0 Å². The molecule has 0 bridgehead atoms. The summed E-state index contributed by atoms with van der Waals surface area (Å²) in [6.45, 7) is 4.71. The van der Waals surface area contributed by atoms with Crippen molar-refractivity contribution in [3.63, 3.8) is 0 Å². The van der Waals surface area contributed by atoms with Crippen LogP contribution in [0.1, 0.15) is 348 Å². The van der Waals surface area contributed by atoms with Crippen LogP contribution in [0, 0.1) is 0 Å². The molecule has 9 heteroatoms. The molecule has 0 radical (unpaired) electrons. The molecule has 1 amide bonds. The number of aliphatic hydroxyl groups excluding tert-OH is 1. The SMILES string of the molecule is CCCCCCCCCC/C=C\CCCCCCCCCCCCCC(=O)NC(COP(=O)([O-])OCC[N+](C)(C)C)C(O)/C=C/CCCCCCCCCCCCCCCCCCCCCCCCCCCCCCC. The zero-order valence-corrected chi connectivity index (χ0v) is 52.6. The predicted molar refractivity (Wildman–Crippen MR) is 330 cm³/mol. The molecule has 0 aromatic carbocycles. The third-order valence-electron chi connectivity index (χ3n) is 15.7. The van der Waals surface area contributed by atoms with Gasteiger partial charge in [0.15, 0.2) is 0 Å². The predicted octanol–water partition coefficient (Wildman–Crippen LogP) is 20.5. The summed E-state index contributed by atoms with van der Waals surface area (Å²) in [6, 6.07) is -0.887. The molecule has 0 aromatic rings. The molecular weight excluding hydrogens is 960 g/mol. The summed E-state index contributed by atoms with van der Waals surface area (Å²) >= 11 is 0. The van der Waals surface area contributed by atoms with Crippen molar-refractivity contribution in [1.29, 1.82) is 0 Å². The minimum absolute atomic E-state index is 0.000980. The van der Waals surface area contributed by atoms with Crippen LogP contribution in [0.15, 0.2) is 24.3 Å². The van der Waals surface area contributed by atoms with Crippen LogP contribution in [0.2, 0.25) is 0 Å².